The summed E-state index contributed by atoms with van der Waals surface area (Å²) in [5.74, 6) is 1.07. The molecule has 0 fully saturated rings. The molecule has 2 heterocycles. The Labute approximate surface area is 127 Å². The number of hydrogen-bond donors (Lipinski definition) is 2. The number of H-pyrrole nitrogens is 1. The Morgan fingerprint density at radius 2 is 2.00 bits per heavy atom. The molecule has 0 radical (unpaired) electrons. The van der Waals surface area contributed by atoms with Crippen LogP contribution in [-0.2, 0) is 11.2 Å². The number of benzene rings is 2. The maximum absolute atomic E-state index is 12.4. The molecule has 110 valence electrons. The first-order valence-electron chi connectivity index (χ1n) is 7.26. The number of ether oxygens (including phenoxy) is 1. The van der Waals surface area contributed by atoms with Crippen molar-refractivity contribution in [2.45, 2.75) is 6.42 Å². The lowest BCUT2D eigenvalue weighted by molar-refractivity contribution is -0.121. The van der Waals surface area contributed by atoms with Gasteiger partial charge in [-0.05, 0) is 30.2 Å². The van der Waals surface area contributed by atoms with E-state index in [4.69, 9.17) is 4.74 Å². The maximum atomic E-state index is 12.4. The van der Waals surface area contributed by atoms with Gasteiger partial charge >= 0.3 is 0 Å². The normalized spacial score (nSPS) is 16.8. The molecule has 2 aromatic carbocycles. The van der Waals surface area contributed by atoms with Crippen molar-refractivity contribution in [1.29, 1.82) is 0 Å². The van der Waals surface area contributed by atoms with Gasteiger partial charge in [0.05, 0.1) is 17.0 Å². The second kappa shape index (κ2) is 5.18. The number of nitrogens with zero attached hydrogens (tertiary/aromatic N) is 1. The van der Waals surface area contributed by atoms with Gasteiger partial charge < -0.3 is 9.72 Å². The van der Waals surface area contributed by atoms with Crippen LogP contribution in [0.4, 0.5) is 5.95 Å². The van der Waals surface area contributed by atoms with Gasteiger partial charge in [-0.2, -0.15) is 0 Å². The summed E-state index contributed by atoms with van der Waals surface area (Å²) in [6.07, 6.45) is 0.683. The van der Waals surface area contributed by atoms with E-state index in [9.17, 15) is 4.79 Å². The van der Waals surface area contributed by atoms with Gasteiger partial charge in [0, 0.05) is 0 Å². The Balaban J connectivity index is 1.51. The summed E-state index contributed by atoms with van der Waals surface area (Å²) in [5.41, 5.74) is 2.81. The van der Waals surface area contributed by atoms with E-state index in [1.165, 1.54) is 0 Å². The molecule has 1 amide bonds. The first kappa shape index (κ1) is 12.9. The molecule has 1 aliphatic rings. The molecule has 1 unspecified atom stereocenters. The zero-order valence-corrected chi connectivity index (χ0v) is 11.9. The molecule has 0 aliphatic carbocycles. The van der Waals surface area contributed by atoms with Crippen LogP contribution in [0.25, 0.3) is 11.0 Å². The first-order valence-corrected chi connectivity index (χ1v) is 7.26. The average molecular weight is 293 g/mol. The van der Waals surface area contributed by atoms with E-state index in [2.05, 4.69) is 15.3 Å². The van der Waals surface area contributed by atoms with Crippen LogP contribution in [0.3, 0.4) is 0 Å². The van der Waals surface area contributed by atoms with Crippen molar-refractivity contribution in [3.63, 3.8) is 0 Å². The molecule has 1 aliphatic heterocycles. The third-order valence-electron chi connectivity index (χ3n) is 3.88. The lowest BCUT2D eigenvalue weighted by Crippen LogP contribution is -2.32. The topological polar surface area (TPSA) is 67.0 Å². The number of aromatic amines is 1. The first-order chi connectivity index (χ1) is 10.8. The van der Waals surface area contributed by atoms with Gasteiger partial charge in [-0.15, -0.1) is 0 Å². The minimum Gasteiger partial charge on any atom is -0.492 e. The van der Waals surface area contributed by atoms with Crippen LogP contribution in [0.2, 0.25) is 0 Å². The van der Waals surface area contributed by atoms with E-state index >= 15 is 0 Å². The Kier molecular flexibility index (Phi) is 3.04. The molecule has 0 spiro atoms. The number of amides is 1. The number of rotatable bonds is 2. The summed E-state index contributed by atoms with van der Waals surface area (Å²) >= 11 is 0. The summed E-state index contributed by atoms with van der Waals surface area (Å²) in [5, 5.41) is 2.85. The van der Waals surface area contributed by atoms with Crippen LogP contribution in [0.5, 0.6) is 5.75 Å². The van der Waals surface area contributed by atoms with Gasteiger partial charge in [-0.3, -0.25) is 10.1 Å². The summed E-state index contributed by atoms with van der Waals surface area (Å²) in [7, 11) is 0. The average Bonchev–Trinajstić information content (AvgIpc) is 2.96. The van der Waals surface area contributed by atoms with Crippen molar-refractivity contribution in [1.82, 2.24) is 9.97 Å². The Morgan fingerprint density at radius 3 is 2.91 bits per heavy atom. The Morgan fingerprint density at radius 1 is 1.18 bits per heavy atom. The quantitative estimate of drug-likeness (QED) is 0.763. The Bertz CT molecular complexity index is 808. The summed E-state index contributed by atoms with van der Waals surface area (Å²) < 4.78 is 5.66. The second-order valence-corrected chi connectivity index (χ2v) is 5.41. The van der Waals surface area contributed by atoms with E-state index in [1.54, 1.807) is 0 Å². The summed E-state index contributed by atoms with van der Waals surface area (Å²) in [4.78, 5) is 19.9. The number of fused-ring (bicyclic) bond motifs is 2. The van der Waals surface area contributed by atoms with Crippen LogP contribution in [0.15, 0.2) is 48.5 Å². The number of carbonyl (C=O) groups is 1. The fourth-order valence-electron chi connectivity index (χ4n) is 2.73. The molecular weight excluding hydrogens is 278 g/mol. The molecule has 0 saturated heterocycles. The lowest BCUT2D eigenvalue weighted by atomic mass is 9.96. The van der Waals surface area contributed by atoms with Crippen molar-refractivity contribution in [3.05, 3.63) is 54.1 Å². The molecule has 5 heteroatoms. The molecule has 3 aromatic rings. The molecule has 5 nitrogen and oxygen atoms in total. The highest BCUT2D eigenvalue weighted by molar-refractivity contribution is 5.93. The van der Waals surface area contributed by atoms with Crippen LogP contribution >= 0.6 is 0 Å². The zero-order chi connectivity index (χ0) is 14.9. The van der Waals surface area contributed by atoms with Gasteiger partial charge in [-0.1, -0.05) is 30.3 Å². The molecule has 0 saturated carbocycles. The smallest absolute Gasteiger partial charge is 0.233 e. The number of anilines is 1. The van der Waals surface area contributed by atoms with Crippen molar-refractivity contribution < 1.29 is 9.53 Å². The van der Waals surface area contributed by atoms with Gasteiger partial charge in [-0.25, -0.2) is 4.98 Å². The number of para-hydroxylation sites is 3. The third kappa shape index (κ3) is 2.30. The predicted molar refractivity (Wildman–Crippen MR) is 83.9 cm³/mol. The fourth-order valence-corrected chi connectivity index (χ4v) is 2.73. The van der Waals surface area contributed by atoms with Gasteiger partial charge in [0.25, 0.3) is 0 Å². The van der Waals surface area contributed by atoms with E-state index in [-0.39, 0.29) is 11.8 Å². The van der Waals surface area contributed by atoms with Crippen LogP contribution < -0.4 is 10.1 Å². The molecule has 1 aromatic heterocycles. The van der Waals surface area contributed by atoms with E-state index in [0.717, 1.165) is 22.3 Å². The van der Waals surface area contributed by atoms with Crippen molar-refractivity contribution in [3.8, 4) is 5.75 Å². The highest BCUT2D eigenvalue weighted by atomic mass is 16.5. The second-order valence-electron chi connectivity index (χ2n) is 5.41. The predicted octanol–water partition coefficient (Wildman–Crippen LogP) is 2.75. The Hall–Kier alpha value is -2.82. The number of nitrogens with one attached hydrogen (secondary N) is 2. The number of carbonyl (C=O) groups excluding carboxylic acids is 1. The van der Waals surface area contributed by atoms with Crippen LogP contribution in [0, 0.1) is 5.92 Å². The van der Waals surface area contributed by atoms with Gasteiger partial charge in [0.1, 0.15) is 12.4 Å². The molecule has 1 atom stereocenters. The highest BCUT2D eigenvalue weighted by Crippen LogP contribution is 2.27. The minimum absolute atomic E-state index is 0.0754. The molecular formula is C17H15N3O2. The maximum Gasteiger partial charge on any atom is 0.233 e. The largest absolute Gasteiger partial charge is 0.492 e. The van der Waals surface area contributed by atoms with Crippen LogP contribution in [-0.4, -0.2) is 22.5 Å². The van der Waals surface area contributed by atoms with Gasteiger partial charge in [0.2, 0.25) is 11.9 Å². The number of imidazole rings is 1. The number of hydrogen-bond acceptors (Lipinski definition) is 3. The standard InChI is InChI=1S/C17H15N3O2/c21-16(12-9-11-5-1-4-8-15(11)22-10-12)20-17-18-13-6-2-3-7-14(13)19-17/h1-8,12H,9-10H2,(H2,18,19,20,21). The minimum atomic E-state index is -0.205. The fraction of sp³-hybridized carbons (Fsp3) is 0.176. The van der Waals surface area contributed by atoms with E-state index < -0.39 is 0 Å². The molecule has 2 N–H and O–H groups in total. The monoisotopic (exact) mass is 293 g/mol. The number of aromatic nitrogens is 2. The van der Waals surface area contributed by atoms with E-state index in [0.29, 0.717) is 19.0 Å². The molecule has 0 bridgehead atoms. The third-order valence-corrected chi connectivity index (χ3v) is 3.88. The summed E-state index contributed by atoms with van der Waals surface area (Å²) in [6, 6.07) is 15.5. The van der Waals surface area contributed by atoms with Crippen molar-refractivity contribution in [2.75, 3.05) is 11.9 Å². The van der Waals surface area contributed by atoms with E-state index in [1.807, 2.05) is 48.5 Å². The molecule has 22 heavy (non-hydrogen) atoms. The zero-order valence-electron chi connectivity index (χ0n) is 11.9. The molecule has 4 rings (SSSR count). The lowest BCUT2D eigenvalue weighted by Gasteiger charge is -2.24. The highest BCUT2D eigenvalue weighted by Gasteiger charge is 2.26. The van der Waals surface area contributed by atoms with Crippen LogP contribution in [0.1, 0.15) is 5.56 Å². The van der Waals surface area contributed by atoms with Gasteiger partial charge in [0.15, 0.2) is 0 Å². The summed E-state index contributed by atoms with van der Waals surface area (Å²) in [6.45, 7) is 0.392. The van der Waals surface area contributed by atoms with Crippen molar-refractivity contribution in [2.24, 2.45) is 5.92 Å². The SMILES string of the molecule is O=C(Nc1nc2ccccc2[nH]1)C1COc2ccccc2C1. The van der Waals surface area contributed by atoms with Crippen molar-refractivity contribution >= 4 is 22.9 Å².